The van der Waals surface area contributed by atoms with E-state index in [2.05, 4.69) is 37.2 Å². The molecule has 1 fully saturated rings. The molecule has 1 aliphatic rings. The Balaban J connectivity index is 1.58. The average molecular weight is 578 g/mol. The molecule has 10 heteroatoms. The van der Waals surface area contributed by atoms with Gasteiger partial charge in [0.25, 0.3) is 5.91 Å². The van der Waals surface area contributed by atoms with Crippen molar-refractivity contribution in [2.75, 3.05) is 32.8 Å². The van der Waals surface area contributed by atoms with Crippen LogP contribution in [0.3, 0.4) is 0 Å². The molecular formula is C26H30BrClN4O4. The fourth-order valence-corrected chi connectivity index (χ4v) is 4.37. The third-order valence-electron chi connectivity index (χ3n) is 5.74. The Morgan fingerprint density at radius 1 is 1.08 bits per heavy atom. The Hall–Kier alpha value is -2.88. The first-order chi connectivity index (χ1) is 17.3. The van der Waals surface area contributed by atoms with E-state index in [0.717, 1.165) is 10.0 Å². The molecule has 36 heavy (non-hydrogen) atoms. The zero-order valence-electron chi connectivity index (χ0n) is 20.0. The first-order valence-corrected chi connectivity index (χ1v) is 13.0. The topological polar surface area (TPSA) is 109 Å². The molecule has 0 bridgehead atoms. The number of hydrogen-bond donors (Lipinski definition) is 4. The van der Waals surface area contributed by atoms with Gasteiger partial charge in [0.1, 0.15) is 11.3 Å². The van der Waals surface area contributed by atoms with Crippen LogP contribution in [0.1, 0.15) is 35.7 Å². The minimum Gasteiger partial charge on any atom is -0.493 e. The van der Waals surface area contributed by atoms with Crippen molar-refractivity contribution in [3.8, 4) is 5.75 Å². The molecule has 0 saturated carbocycles. The Morgan fingerprint density at radius 2 is 1.78 bits per heavy atom. The van der Waals surface area contributed by atoms with E-state index in [-0.39, 0.29) is 30.8 Å². The summed E-state index contributed by atoms with van der Waals surface area (Å²) in [5, 5.41) is 12.3. The maximum Gasteiger partial charge on any atom is 0.251 e. The second-order valence-corrected chi connectivity index (χ2v) is 9.64. The molecule has 0 aromatic heterocycles. The number of benzene rings is 2. The van der Waals surface area contributed by atoms with Crippen LogP contribution in [0, 0.1) is 0 Å². The quantitative estimate of drug-likeness (QED) is 0.256. The third kappa shape index (κ3) is 7.81. The van der Waals surface area contributed by atoms with Gasteiger partial charge in [-0.15, -0.1) is 0 Å². The van der Waals surface area contributed by atoms with E-state index in [0.29, 0.717) is 48.9 Å². The maximum atomic E-state index is 13.1. The second kappa shape index (κ2) is 13.4. The minimum absolute atomic E-state index is 0.231. The van der Waals surface area contributed by atoms with Crippen LogP contribution in [0.25, 0.3) is 6.08 Å². The summed E-state index contributed by atoms with van der Waals surface area (Å²) in [7, 11) is 0. The number of nitrogens with one attached hydrogen (secondary N) is 4. The standard InChI is InChI=1S/C26H30BrClN4O4/c1-2-36-22-9-6-20(27)17-19(22)5-10-23(33)32-26(11-13-29-14-12-26)25(35)31-16-15-30-24(34)18-3-7-21(28)8-4-18/h3-10,17,29H,2,11-16H2,1H3,(H,30,34)(H,31,35)(H,32,33)/b10-5+. The van der Waals surface area contributed by atoms with Crippen LogP contribution in [0.2, 0.25) is 5.02 Å². The summed E-state index contributed by atoms with van der Waals surface area (Å²) in [5.41, 5.74) is 0.200. The van der Waals surface area contributed by atoms with Crippen LogP contribution in [0.4, 0.5) is 0 Å². The summed E-state index contributed by atoms with van der Waals surface area (Å²) in [6.07, 6.45) is 3.99. The van der Waals surface area contributed by atoms with E-state index in [9.17, 15) is 14.4 Å². The van der Waals surface area contributed by atoms with Crippen molar-refractivity contribution in [2.24, 2.45) is 0 Å². The number of piperidine rings is 1. The number of rotatable bonds is 10. The minimum atomic E-state index is -1.03. The van der Waals surface area contributed by atoms with E-state index in [4.69, 9.17) is 16.3 Å². The van der Waals surface area contributed by atoms with Crippen molar-refractivity contribution in [1.29, 1.82) is 0 Å². The zero-order chi connectivity index (χ0) is 26.0. The molecule has 0 aliphatic carbocycles. The fraction of sp³-hybridized carbons (Fsp3) is 0.346. The van der Waals surface area contributed by atoms with Gasteiger partial charge in [-0.2, -0.15) is 0 Å². The first kappa shape index (κ1) is 27.7. The summed E-state index contributed by atoms with van der Waals surface area (Å²) in [6.45, 7) is 4.08. The highest BCUT2D eigenvalue weighted by molar-refractivity contribution is 9.10. The molecule has 0 atom stereocenters. The van der Waals surface area contributed by atoms with Crippen LogP contribution in [-0.4, -0.2) is 56.0 Å². The van der Waals surface area contributed by atoms with Gasteiger partial charge in [0.05, 0.1) is 6.61 Å². The summed E-state index contributed by atoms with van der Waals surface area (Å²) in [6, 6.07) is 12.1. The number of carbonyl (C=O) groups excluding carboxylic acids is 3. The summed E-state index contributed by atoms with van der Waals surface area (Å²) < 4.78 is 6.49. The van der Waals surface area contributed by atoms with E-state index < -0.39 is 5.54 Å². The zero-order valence-corrected chi connectivity index (χ0v) is 22.4. The average Bonchev–Trinajstić information content (AvgIpc) is 2.87. The molecule has 1 aliphatic heterocycles. The van der Waals surface area contributed by atoms with Gasteiger partial charge < -0.3 is 26.0 Å². The van der Waals surface area contributed by atoms with Crippen LogP contribution in [0.5, 0.6) is 5.75 Å². The number of amides is 3. The largest absolute Gasteiger partial charge is 0.493 e. The van der Waals surface area contributed by atoms with Crippen molar-refractivity contribution < 1.29 is 19.1 Å². The molecule has 1 saturated heterocycles. The molecule has 2 aromatic rings. The highest BCUT2D eigenvalue weighted by atomic mass is 79.9. The van der Waals surface area contributed by atoms with Crippen molar-refractivity contribution in [3.63, 3.8) is 0 Å². The van der Waals surface area contributed by atoms with Gasteiger partial charge >= 0.3 is 0 Å². The lowest BCUT2D eigenvalue weighted by atomic mass is 9.87. The molecule has 0 radical (unpaired) electrons. The van der Waals surface area contributed by atoms with Crippen LogP contribution in [-0.2, 0) is 9.59 Å². The molecule has 0 unspecified atom stereocenters. The van der Waals surface area contributed by atoms with Crippen molar-refractivity contribution >= 4 is 51.3 Å². The molecule has 3 rings (SSSR count). The van der Waals surface area contributed by atoms with Crippen LogP contribution in [0.15, 0.2) is 53.0 Å². The van der Waals surface area contributed by atoms with Crippen molar-refractivity contribution in [1.82, 2.24) is 21.3 Å². The highest BCUT2D eigenvalue weighted by Crippen LogP contribution is 2.25. The van der Waals surface area contributed by atoms with E-state index in [1.54, 1.807) is 30.3 Å². The van der Waals surface area contributed by atoms with Gasteiger partial charge in [0, 0.05) is 39.8 Å². The first-order valence-electron chi connectivity index (χ1n) is 11.8. The number of ether oxygens (including phenoxy) is 1. The monoisotopic (exact) mass is 576 g/mol. The van der Waals surface area contributed by atoms with Gasteiger partial charge in [-0.1, -0.05) is 27.5 Å². The molecule has 0 spiro atoms. The Kier molecular flexibility index (Phi) is 10.3. The van der Waals surface area contributed by atoms with E-state index in [1.165, 1.54) is 6.08 Å². The van der Waals surface area contributed by atoms with E-state index in [1.807, 2.05) is 25.1 Å². The predicted molar refractivity (Wildman–Crippen MR) is 144 cm³/mol. The second-order valence-electron chi connectivity index (χ2n) is 8.29. The number of carbonyl (C=O) groups is 3. The van der Waals surface area contributed by atoms with Crippen molar-refractivity contribution in [2.45, 2.75) is 25.3 Å². The molecule has 8 nitrogen and oxygen atoms in total. The lowest BCUT2D eigenvalue weighted by molar-refractivity contribution is -0.133. The lowest BCUT2D eigenvalue weighted by Gasteiger charge is -2.36. The maximum absolute atomic E-state index is 13.1. The Labute approximate surface area is 224 Å². The summed E-state index contributed by atoms with van der Waals surface area (Å²) in [4.78, 5) is 38.2. The highest BCUT2D eigenvalue weighted by Gasteiger charge is 2.40. The van der Waals surface area contributed by atoms with Gasteiger partial charge in [0.15, 0.2) is 0 Å². The normalized spacial score (nSPS) is 14.8. The van der Waals surface area contributed by atoms with Crippen molar-refractivity contribution in [3.05, 3.63) is 69.2 Å². The summed E-state index contributed by atoms with van der Waals surface area (Å²) in [5.74, 6) is -0.232. The van der Waals surface area contributed by atoms with Crippen LogP contribution < -0.4 is 26.0 Å². The summed E-state index contributed by atoms with van der Waals surface area (Å²) >= 11 is 9.29. The van der Waals surface area contributed by atoms with Crippen LogP contribution >= 0.6 is 27.5 Å². The van der Waals surface area contributed by atoms with Gasteiger partial charge in [-0.25, -0.2) is 0 Å². The molecular weight excluding hydrogens is 548 g/mol. The van der Waals surface area contributed by atoms with Gasteiger partial charge in [-0.05, 0) is 81.4 Å². The number of hydrogen-bond acceptors (Lipinski definition) is 5. The fourth-order valence-electron chi connectivity index (χ4n) is 3.87. The molecule has 1 heterocycles. The Bertz CT molecular complexity index is 1100. The lowest BCUT2D eigenvalue weighted by Crippen LogP contribution is -2.63. The molecule has 3 amide bonds. The molecule has 2 aromatic carbocycles. The van der Waals surface area contributed by atoms with E-state index >= 15 is 0 Å². The van der Waals surface area contributed by atoms with Gasteiger partial charge in [-0.3, -0.25) is 14.4 Å². The SMILES string of the molecule is CCOc1ccc(Br)cc1/C=C/C(=O)NC1(C(=O)NCCNC(=O)c2ccc(Cl)cc2)CCNCC1. The number of halogens is 2. The molecule has 192 valence electrons. The van der Waals surface area contributed by atoms with Gasteiger partial charge in [0.2, 0.25) is 11.8 Å². The Morgan fingerprint density at radius 3 is 2.47 bits per heavy atom. The predicted octanol–water partition coefficient (Wildman–Crippen LogP) is 3.30. The molecule has 4 N–H and O–H groups in total. The third-order valence-corrected chi connectivity index (χ3v) is 6.49. The smallest absolute Gasteiger partial charge is 0.251 e.